The summed E-state index contributed by atoms with van der Waals surface area (Å²) in [5.41, 5.74) is 1.31. The van der Waals surface area contributed by atoms with Crippen LogP contribution in [0.3, 0.4) is 0 Å². The van der Waals surface area contributed by atoms with E-state index >= 15 is 0 Å². The van der Waals surface area contributed by atoms with E-state index < -0.39 is 12.0 Å². The number of rotatable bonds is 2. The smallest absolute Gasteiger partial charge is 0.326 e. The summed E-state index contributed by atoms with van der Waals surface area (Å²) in [6, 6.07) is 1.38. The fraction of sp³-hybridized carbons (Fsp3) is 0.625. The molecule has 1 amide bonds. The minimum Gasteiger partial charge on any atom is -0.480 e. The SMILES string of the molecule is O=C(O)[C@@H]1CCCN1C(=O)c1cc2c(s1)CCCCCC2. The van der Waals surface area contributed by atoms with Crippen molar-refractivity contribution < 1.29 is 14.7 Å². The van der Waals surface area contributed by atoms with Crippen molar-refractivity contribution in [2.75, 3.05) is 6.54 Å². The van der Waals surface area contributed by atoms with E-state index in [1.165, 1.54) is 36.1 Å². The van der Waals surface area contributed by atoms with E-state index in [4.69, 9.17) is 0 Å². The number of carboxylic acid groups (broad SMARTS) is 1. The highest BCUT2D eigenvalue weighted by Crippen LogP contribution is 2.30. The maximum absolute atomic E-state index is 12.6. The molecule has 21 heavy (non-hydrogen) atoms. The molecule has 1 N–H and O–H groups in total. The van der Waals surface area contributed by atoms with Gasteiger partial charge in [0.25, 0.3) is 5.91 Å². The van der Waals surface area contributed by atoms with Gasteiger partial charge in [0.05, 0.1) is 4.88 Å². The van der Waals surface area contributed by atoms with Gasteiger partial charge in [0.2, 0.25) is 0 Å². The van der Waals surface area contributed by atoms with E-state index in [0.29, 0.717) is 13.0 Å². The van der Waals surface area contributed by atoms with Crippen molar-refractivity contribution in [3.05, 3.63) is 21.4 Å². The van der Waals surface area contributed by atoms with Crippen molar-refractivity contribution in [3.63, 3.8) is 0 Å². The molecule has 2 heterocycles. The number of aryl methyl sites for hydroxylation is 2. The van der Waals surface area contributed by atoms with Gasteiger partial charge in [-0.1, -0.05) is 12.8 Å². The summed E-state index contributed by atoms with van der Waals surface area (Å²) in [5, 5.41) is 9.23. The third kappa shape index (κ3) is 2.98. The van der Waals surface area contributed by atoms with E-state index in [9.17, 15) is 14.7 Å². The molecule has 0 saturated carbocycles. The Labute approximate surface area is 128 Å². The molecule has 4 nitrogen and oxygen atoms in total. The van der Waals surface area contributed by atoms with Gasteiger partial charge in [0, 0.05) is 11.4 Å². The molecule has 1 aliphatic carbocycles. The van der Waals surface area contributed by atoms with Gasteiger partial charge in [-0.3, -0.25) is 4.79 Å². The Morgan fingerprint density at radius 2 is 1.90 bits per heavy atom. The molecule has 3 rings (SSSR count). The Kier molecular flexibility index (Phi) is 4.29. The van der Waals surface area contributed by atoms with Crippen molar-refractivity contribution in [2.24, 2.45) is 0 Å². The first kappa shape index (κ1) is 14.6. The summed E-state index contributed by atoms with van der Waals surface area (Å²) < 4.78 is 0. The first-order chi connectivity index (χ1) is 10.2. The summed E-state index contributed by atoms with van der Waals surface area (Å²) in [5.74, 6) is -0.965. The van der Waals surface area contributed by atoms with Gasteiger partial charge in [0.1, 0.15) is 6.04 Å². The van der Waals surface area contributed by atoms with Crippen molar-refractivity contribution >= 4 is 23.2 Å². The van der Waals surface area contributed by atoms with Crippen molar-refractivity contribution in [1.29, 1.82) is 0 Å². The second-order valence-electron chi connectivity index (χ2n) is 5.97. The fourth-order valence-corrected chi connectivity index (χ4v) is 4.57. The molecule has 5 heteroatoms. The highest BCUT2D eigenvalue weighted by atomic mass is 32.1. The molecule has 1 saturated heterocycles. The lowest BCUT2D eigenvalue weighted by Gasteiger charge is -2.20. The number of carbonyl (C=O) groups is 2. The standard InChI is InChI=1S/C16H21NO3S/c18-15(17-9-5-7-12(17)16(19)20)14-10-11-6-3-1-2-4-8-13(11)21-14/h10,12H,1-9H2,(H,19,20)/t12-/m0/s1. The molecule has 1 aliphatic heterocycles. The Morgan fingerprint density at radius 1 is 1.14 bits per heavy atom. The first-order valence-corrected chi connectivity index (χ1v) is 8.64. The zero-order valence-corrected chi connectivity index (χ0v) is 13.0. The van der Waals surface area contributed by atoms with Crippen LogP contribution in [0.2, 0.25) is 0 Å². The largest absolute Gasteiger partial charge is 0.480 e. The Hall–Kier alpha value is -1.36. The van der Waals surface area contributed by atoms with Crippen LogP contribution in [0.1, 0.15) is 58.6 Å². The van der Waals surface area contributed by atoms with Crippen LogP contribution in [0.4, 0.5) is 0 Å². The van der Waals surface area contributed by atoms with Crippen molar-refractivity contribution in [2.45, 2.75) is 57.4 Å². The number of hydrogen-bond acceptors (Lipinski definition) is 3. The topological polar surface area (TPSA) is 57.6 Å². The molecule has 0 spiro atoms. The molecule has 0 radical (unpaired) electrons. The maximum atomic E-state index is 12.6. The average Bonchev–Trinajstić information content (AvgIpc) is 3.05. The Bertz CT molecular complexity index is 526. The van der Waals surface area contributed by atoms with Crippen LogP contribution < -0.4 is 0 Å². The number of amides is 1. The van der Waals surface area contributed by atoms with Crippen LogP contribution in [0.5, 0.6) is 0 Å². The lowest BCUT2D eigenvalue weighted by Crippen LogP contribution is -2.40. The Morgan fingerprint density at radius 3 is 2.67 bits per heavy atom. The maximum Gasteiger partial charge on any atom is 0.326 e. The molecule has 2 aliphatic rings. The van der Waals surface area contributed by atoms with Gasteiger partial charge in [-0.05, 0) is 50.2 Å². The number of carbonyl (C=O) groups excluding carboxylic acids is 1. The molecule has 0 bridgehead atoms. The Balaban J connectivity index is 1.81. The highest BCUT2D eigenvalue weighted by molar-refractivity contribution is 7.14. The molecule has 114 valence electrons. The minimum absolute atomic E-state index is 0.0864. The van der Waals surface area contributed by atoms with Crippen molar-refractivity contribution in [3.8, 4) is 0 Å². The van der Waals surface area contributed by atoms with E-state index in [1.807, 2.05) is 6.07 Å². The van der Waals surface area contributed by atoms with Crippen molar-refractivity contribution in [1.82, 2.24) is 4.90 Å². The summed E-state index contributed by atoms with van der Waals surface area (Å²) in [7, 11) is 0. The summed E-state index contributed by atoms with van der Waals surface area (Å²) >= 11 is 1.58. The van der Waals surface area contributed by atoms with Gasteiger partial charge >= 0.3 is 5.97 Å². The monoisotopic (exact) mass is 307 g/mol. The third-order valence-electron chi connectivity index (χ3n) is 4.51. The predicted molar refractivity (Wildman–Crippen MR) is 81.9 cm³/mol. The lowest BCUT2D eigenvalue weighted by atomic mass is 10.00. The number of nitrogens with zero attached hydrogens (tertiary/aromatic N) is 1. The number of hydrogen-bond donors (Lipinski definition) is 1. The van der Waals surface area contributed by atoms with Gasteiger partial charge in [0.15, 0.2) is 0 Å². The van der Waals surface area contributed by atoms with E-state index in [-0.39, 0.29) is 5.91 Å². The van der Waals surface area contributed by atoms with Crippen LogP contribution in [0.15, 0.2) is 6.07 Å². The molecular weight excluding hydrogens is 286 g/mol. The molecule has 1 atom stereocenters. The minimum atomic E-state index is -0.879. The molecule has 0 aromatic carbocycles. The molecule has 1 aromatic rings. The molecule has 1 aromatic heterocycles. The second-order valence-corrected chi connectivity index (χ2v) is 7.10. The number of aliphatic carboxylic acids is 1. The molecule has 1 fully saturated rings. The van der Waals surface area contributed by atoms with Crippen LogP contribution in [0, 0.1) is 0 Å². The quantitative estimate of drug-likeness (QED) is 0.913. The van der Waals surface area contributed by atoms with Gasteiger partial charge in [-0.2, -0.15) is 0 Å². The number of likely N-dealkylation sites (tertiary alicyclic amines) is 1. The zero-order chi connectivity index (χ0) is 14.8. The number of carboxylic acids is 1. The fourth-order valence-electron chi connectivity index (χ4n) is 3.36. The number of thiophene rings is 1. The van der Waals surface area contributed by atoms with Gasteiger partial charge in [-0.25, -0.2) is 4.79 Å². The van der Waals surface area contributed by atoms with E-state index in [0.717, 1.165) is 24.1 Å². The predicted octanol–water partition coefficient (Wildman–Crippen LogP) is 3.10. The number of fused-ring (bicyclic) bond motifs is 1. The van der Waals surface area contributed by atoms with Gasteiger partial charge in [-0.15, -0.1) is 11.3 Å². The van der Waals surface area contributed by atoms with E-state index in [2.05, 4.69) is 0 Å². The van der Waals surface area contributed by atoms with Crippen LogP contribution in [0.25, 0.3) is 0 Å². The van der Waals surface area contributed by atoms with Crippen LogP contribution in [-0.4, -0.2) is 34.5 Å². The average molecular weight is 307 g/mol. The lowest BCUT2D eigenvalue weighted by molar-refractivity contribution is -0.141. The first-order valence-electron chi connectivity index (χ1n) is 7.82. The van der Waals surface area contributed by atoms with Gasteiger partial charge < -0.3 is 10.0 Å². The summed E-state index contributed by atoms with van der Waals surface area (Å²) in [4.78, 5) is 27.5. The van der Waals surface area contributed by atoms with Crippen LogP contribution >= 0.6 is 11.3 Å². The van der Waals surface area contributed by atoms with E-state index in [1.54, 1.807) is 16.2 Å². The zero-order valence-electron chi connectivity index (χ0n) is 12.1. The summed E-state index contributed by atoms with van der Waals surface area (Å²) in [6.45, 7) is 0.568. The summed E-state index contributed by atoms with van der Waals surface area (Å²) in [6.07, 6.45) is 8.41. The normalized spacial score (nSPS) is 22.5. The molecular formula is C16H21NO3S. The molecule has 0 unspecified atom stereocenters. The highest BCUT2D eigenvalue weighted by Gasteiger charge is 2.35. The van der Waals surface area contributed by atoms with Crippen LogP contribution in [-0.2, 0) is 17.6 Å². The third-order valence-corrected chi connectivity index (χ3v) is 5.73. The second kappa shape index (κ2) is 6.18.